The van der Waals surface area contributed by atoms with Gasteiger partial charge in [-0.3, -0.25) is 4.79 Å². The van der Waals surface area contributed by atoms with Crippen LogP contribution in [0.4, 0.5) is 4.39 Å². The smallest absolute Gasteiger partial charge is 0.301 e. The molecule has 0 spiro atoms. The van der Waals surface area contributed by atoms with Gasteiger partial charge in [-0.2, -0.15) is 0 Å². The SMILES string of the molecule is CC(C)C(=O)N1CC(F)(c2ccc(C3=NOC(C)(c4cc(Cl)c(Cl)c(Cl)c4)O3)cc2)C1. The Morgan fingerprint density at radius 2 is 1.68 bits per heavy atom. The molecule has 0 N–H and O–H groups in total. The Labute approximate surface area is 194 Å². The molecule has 1 saturated heterocycles. The number of hydrogen-bond donors (Lipinski definition) is 0. The van der Waals surface area contributed by atoms with Gasteiger partial charge in [0, 0.05) is 24.0 Å². The van der Waals surface area contributed by atoms with Crippen LogP contribution in [0.3, 0.4) is 0 Å². The van der Waals surface area contributed by atoms with E-state index in [1.165, 1.54) is 4.90 Å². The minimum atomic E-state index is -1.55. The number of benzene rings is 2. The van der Waals surface area contributed by atoms with Crippen LogP contribution in [0.15, 0.2) is 41.6 Å². The molecule has 0 aliphatic carbocycles. The van der Waals surface area contributed by atoms with E-state index in [1.54, 1.807) is 57.2 Å². The summed E-state index contributed by atoms with van der Waals surface area (Å²) in [5.74, 6) is -1.19. The molecule has 2 aliphatic rings. The number of carbonyl (C=O) groups is 1. The third kappa shape index (κ3) is 3.97. The molecular weight excluding hydrogens is 466 g/mol. The topological polar surface area (TPSA) is 51.1 Å². The third-order valence-electron chi connectivity index (χ3n) is 5.44. The molecule has 0 bridgehead atoms. The van der Waals surface area contributed by atoms with E-state index in [4.69, 9.17) is 44.4 Å². The molecular formula is C22H20Cl3FN2O3. The summed E-state index contributed by atoms with van der Waals surface area (Å²) in [5, 5.41) is 4.82. The number of halogens is 4. The Balaban J connectivity index is 1.47. The summed E-state index contributed by atoms with van der Waals surface area (Å²) in [4.78, 5) is 19.1. The van der Waals surface area contributed by atoms with Crippen molar-refractivity contribution in [2.24, 2.45) is 11.1 Å². The first kappa shape index (κ1) is 22.2. The van der Waals surface area contributed by atoms with Crippen molar-refractivity contribution in [3.8, 4) is 0 Å². The zero-order valence-electron chi connectivity index (χ0n) is 17.1. The molecule has 1 amide bonds. The van der Waals surface area contributed by atoms with Crippen LogP contribution in [0.1, 0.15) is 37.5 Å². The van der Waals surface area contributed by atoms with Crippen LogP contribution in [0, 0.1) is 5.92 Å². The van der Waals surface area contributed by atoms with Crippen molar-refractivity contribution in [2.75, 3.05) is 13.1 Å². The molecule has 1 unspecified atom stereocenters. The highest BCUT2D eigenvalue weighted by atomic mass is 35.5. The van der Waals surface area contributed by atoms with E-state index in [2.05, 4.69) is 5.16 Å². The lowest BCUT2D eigenvalue weighted by atomic mass is 9.86. The molecule has 5 nitrogen and oxygen atoms in total. The van der Waals surface area contributed by atoms with Crippen LogP contribution in [-0.4, -0.2) is 29.8 Å². The van der Waals surface area contributed by atoms with Gasteiger partial charge in [-0.1, -0.05) is 60.8 Å². The molecule has 4 rings (SSSR count). The Bertz CT molecular complexity index is 1050. The maximum atomic E-state index is 15.2. The third-order valence-corrected chi connectivity index (χ3v) is 6.64. The van der Waals surface area contributed by atoms with Gasteiger partial charge >= 0.3 is 5.79 Å². The predicted molar refractivity (Wildman–Crippen MR) is 118 cm³/mol. The van der Waals surface area contributed by atoms with Crippen LogP contribution in [0.5, 0.6) is 0 Å². The van der Waals surface area contributed by atoms with Gasteiger partial charge in [-0.05, 0) is 35.0 Å². The summed E-state index contributed by atoms with van der Waals surface area (Å²) >= 11 is 18.2. The van der Waals surface area contributed by atoms with Gasteiger partial charge in [0.05, 0.1) is 28.2 Å². The summed E-state index contributed by atoms with van der Waals surface area (Å²) in [6, 6.07) is 9.96. The maximum absolute atomic E-state index is 15.2. The number of nitrogens with zero attached hydrogens (tertiary/aromatic N) is 2. The first-order valence-electron chi connectivity index (χ1n) is 9.71. The van der Waals surface area contributed by atoms with Crippen LogP contribution in [-0.2, 0) is 25.8 Å². The molecule has 2 aromatic rings. The van der Waals surface area contributed by atoms with Crippen LogP contribution in [0.25, 0.3) is 0 Å². The second-order valence-electron chi connectivity index (χ2n) is 8.18. The second-order valence-corrected chi connectivity index (χ2v) is 9.37. The number of carbonyl (C=O) groups excluding carboxylic acids is 1. The second kappa shape index (κ2) is 7.84. The van der Waals surface area contributed by atoms with Gasteiger partial charge in [0.2, 0.25) is 5.91 Å². The minimum Gasteiger partial charge on any atom is -0.426 e. The Kier molecular flexibility index (Phi) is 5.61. The van der Waals surface area contributed by atoms with Gasteiger partial charge in [-0.15, -0.1) is 0 Å². The predicted octanol–water partition coefficient (Wildman–Crippen LogP) is 5.89. The van der Waals surface area contributed by atoms with Gasteiger partial charge in [0.15, 0.2) is 5.67 Å². The van der Waals surface area contributed by atoms with Crippen molar-refractivity contribution in [1.82, 2.24) is 4.90 Å². The zero-order chi connectivity index (χ0) is 22.6. The van der Waals surface area contributed by atoms with Crippen molar-refractivity contribution in [1.29, 1.82) is 0 Å². The average molecular weight is 486 g/mol. The van der Waals surface area contributed by atoms with E-state index in [-0.39, 0.29) is 45.9 Å². The van der Waals surface area contributed by atoms with Crippen molar-refractivity contribution in [2.45, 2.75) is 32.2 Å². The molecule has 9 heteroatoms. The summed E-state index contributed by atoms with van der Waals surface area (Å²) in [6.45, 7) is 5.40. The minimum absolute atomic E-state index is 0.0440. The van der Waals surface area contributed by atoms with Gasteiger partial charge in [0.1, 0.15) is 0 Å². The molecule has 1 fully saturated rings. The standard InChI is InChI=1S/C22H20Cl3FN2O3/c1-12(2)20(29)28-10-22(26,11-28)14-6-4-13(5-7-14)19-27-31-21(3,30-19)15-8-16(23)18(25)17(24)9-15/h4-9,12H,10-11H2,1-3H3. The molecule has 0 saturated carbocycles. The first-order chi connectivity index (χ1) is 14.5. The maximum Gasteiger partial charge on any atom is 0.301 e. The highest BCUT2D eigenvalue weighted by molar-refractivity contribution is 6.48. The summed E-state index contributed by atoms with van der Waals surface area (Å²) in [6.07, 6.45) is 0. The first-order valence-corrected chi connectivity index (χ1v) is 10.8. The number of alkyl halides is 1. The van der Waals surface area contributed by atoms with E-state index in [0.29, 0.717) is 16.7 Å². The lowest BCUT2D eigenvalue weighted by Gasteiger charge is -2.45. The van der Waals surface area contributed by atoms with Crippen LogP contribution >= 0.6 is 34.8 Å². The molecule has 2 aromatic carbocycles. The van der Waals surface area contributed by atoms with E-state index >= 15 is 4.39 Å². The molecule has 164 valence electrons. The number of rotatable bonds is 4. The van der Waals surface area contributed by atoms with E-state index in [1.807, 2.05) is 0 Å². The molecule has 1 atom stereocenters. The normalized spacial score (nSPS) is 21.9. The fraction of sp³-hybridized carbons (Fsp3) is 0.364. The van der Waals surface area contributed by atoms with Crippen molar-refractivity contribution in [3.63, 3.8) is 0 Å². The quantitative estimate of drug-likeness (QED) is 0.507. The highest BCUT2D eigenvalue weighted by Gasteiger charge is 2.47. The van der Waals surface area contributed by atoms with Gasteiger partial charge < -0.3 is 14.5 Å². The van der Waals surface area contributed by atoms with Crippen molar-refractivity contribution < 1.29 is 18.8 Å². The fourth-order valence-electron chi connectivity index (χ4n) is 3.57. The van der Waals surface area contributed by atoms with Crippen LogP contribution in [0.2, 0.25) is 15.1 Å². The monoisotopic (exact) mass is 484 g/mol. The van der Waals surface area contributed by atoms with Crippen molar-refractivity contribution >= 4 is 46.6 Å². The van der Waals surface area contributed by atoms with Crippen LogP contribution < -0.4 is 0 Å². The lowest BCUT2D eigenvalue weighted by molar-refractivity contribution is -0.152. The summed E-state index contributed by atoms with van der Waals surface area (Å²) in [5.41, 5.74) is 0.122. The van der Waals surface area contributed by atoms with Gasteiger partial charge in [0.25, 0.3) is 5.90 Å². The number of oxime groups is 1. The molecule has 2 heterocycles. The van der Waals surface area contributed by atoms with E-state index in [9.17, 15) is 4.79 Å². The zero-order valence-corrected chi connectivity index (χ0v) is 19.4. The lowest BCUT2D eigenvalue weighted by Crippen LogP contribution is -2.59. The fourth-order valence-corrected chi connectivity index (χ4v) is 4.16. The largest absolute Gasteiger partial charge is 0.426 e. The Hall–Kier alpha value is -2.02. The Morgan fingerprint density at radius 3 is 2.23 bits per heavy atom. The molecule has 0 aromatic heterocycles. The van der Waals surface area contributed by atoms with Crippen molar-refractivity contribution in [3.05, 3.63) is 68.2 Å². The Morgan fingerprint density at radius 1 is 1.10 bits per heavy atom. The average Bonchev–Trinajstić information content (AvgIpc) is 3.12. The number of ether oxygens (including phenoxy) is 1. The van der Waals surface area contributed by atoms with E-state index in [0.717, 1.165) is 0 Å². The van der Waals surface area contributed by atoms with E-state index < -0.39 is 11.5 Å². The summed E-state index contributed by atoms with van der Waals surface area (Å²) < 4.78 is 21.1. The van der Waals surface area contributed by atoms with Gasteiger partial charge in [-0.25, -0.2) is 4.39 Å². The number of amides is 1. The summed E-state index contributed by atoms with van der Waals surface area (Å²) in [7, 11) is 0. The molecule has 0 radical (unpaired) electrons. The number of hydrogen-bond acceptors (Lipinski definition) is 4. The molecule has 2 aliphatic heterocycles. The highest BCUT2D eigenvalue weighted by Crippen LogP contribution is 2.40. The number of likely N-dealkylation sites (tertiary alicyclic amines) is 1. The molecule has 31 heavy (non-hydrogen) atoms.